The van der Waals surface area contributed by atoms with Gasteiger partial charge in [0.2, 0.25) is 0 Å². The maximum atomic E-state index is 7.07. The molecule has 6 heteroatoms. The standard InChI is InChI=1S/C49H43N2O.C14H15N2.Ir/c1-29(2)37-26-34(31-15-9-8-10-16-31)27-38(30(3)4)46(37)51-43-20-14-13-19-42(43)50-48(51)36-23-24-41(49(5,6)7)45-40-25-33-22-21-32-17-11-12-18-35(32)39(33)28-44(40)52-47(36)45;1-14(2,3)12-9-10-15-13(16-12)11-7-5-4-6-8-11;/h8-22,24-30H,1-7H3;4-7,9-10H,1-3H3;/q2*-1;. The summed E-state index contributed by atoms with van der Waals surface area (Å²) >= 11 is 0. The Labute approximate surface area is 420 Å². The van der Waals surface area contributed by atoms with E-state index in [0.717, 1.165) is 61.4 Å². The number of imidazole rings is 1. The number of aromatic nitrogens is 4. The van der Waals surface area contributed by atoms with E-state index in [2.05, 4.69) is 217 Å². The van der Waals surface area contributed by atoms with E-state index in [4.69, 9.17) is 9.40 Å². The molecule has 0 unspecified atom stereocenters. The summed E-state index contributed by atoms with van der Waals surface area (Å²) < 4.78 is 9.46. The molecule has 11 rings (SSSR count). The van der Waals surface area contributed by atoms with Gasteiger partial charge in [0, 0.05) is 48.5 Å². The zero-order valence-electron chi connectivity index (χ0n) is 41.2. The summed E-state index contributed by atoms with van der Waals surface area (Å²) in [6, 6.07) is 60.5. The number of rotatable bonds is 6. The Kier molecular flexibility index (Phi) is 12.8. The largest absolute Gasteiger partial charge is 0.501 e. The topological polar surface area (TPSA) is 56.7 Å². The number of nitrogens with zero attached hydrogens (tertiary/aromatic N) is 4. The molecular formula is C63H58IrN4O-2. The van der Waals surface area contributed by atoms with Crippen LogP contribution in [0, 0.1) is 12.1 Å². The fraction of sp³-hybridized carbons (Fsp3) is 0.222. The van der Waals surface area contributed by atoms with Crippen LogP contribution in [0.25, 0.3) is 94.1 Å². The van der Waals surface area contributed by atoms with Crippen molar-refractivity contribution in [2.24, 2.45) is 0 Å². The zero-order chi connectivity index (χ0) is 47.5. The Balaban J connectivity index is 0.000000296. The van der Waals surface area contributed by atoms with Crippen LogP contribution in [0.5, 0.6) is 0 Å². The second-order valence-electron chi connectivity index (χ2n) is 20.7. The molecule has 0 saturated heterocycles. The van der Waals surface area contributed by atoms with Crippen molar-refractivity contribution < 1.29 is 24.5 Å². The SMILES string of the molecule is CC(C)(C)c1ccnc(-c2[c-]cccc2)n1.CC(C)c1cc(-c2ccccc2)cc(C(C)C)c1-n1c(-c2[c-]cc(C(C)(C)C)c3c2oc2cc4c(ccc5ccccc54)cc23)nc2ccccc21.[Ir]. The van der Waals surface area contributed by atoms with Gasteiger partial charge in [-0.05, 0) is 104 Å². The van der Waals surface area contributed by atoms with Crippen molar-refractivity contribution in [1.29, 1.82) is 0 Å². The number of hydrogen-bond donors (Lipinski definition) is 0. The van der Waals surface area contributed by atoms with Gasteiger partial charge in [0.1, 0.15) is 5.58 Å². The van der Waals surface area contributed by atoms with Gasteiger partial charge in [-0.2, -0.15) is 0 Å². The van der Waals surface area contributed by atoms with Gasteiger partial charge >= 0.3 is 0 Å². The van der Waals surface area contributed by atoms with Crippen molar-refractivity contribution in [1.82, 2.24) is 19.5 Å². The summed E-state index contributed by atoms with van der Waals surface area (Å²) in [6.45, 7) is 22.5. The molecule has 0 N–H and O–H groups in total. The van der Waals surface area contributed by atoms with Crippen molar-refractivity contribution in [3.8, 4) is 39.6 Å². The molecule has 5 nitrogen and oxygen atoms in total. The number of fused-ring (bicyclic) bond motifs is 7. The third-order valence-corrected chi connectivity index (χ3v) is 13.1. The molecular weight excluding hydrogens is 1020 g/mol. The monoisotopic (exact) mass is 1080 g/mol. The third-order valence-electron chi connectivity index (χ3n) is 13.1. The van der Waals surface area contributed by atoms with Crippen molar-refractivity contribution in [3.63, 3.8) is 0 Å². The summed E-state index contributed by atoms with van der Waals surface area (Å²) in [6.07, 6.45) is 1.81. The van der Waals surface area contributed by atoms with Gasteiger partial charge in [-0.15, -0.1) is 53.6 Å². The van der Waals surface area contributed by atoms with Crippen LogP contribution in [-0.2, 0) is 30.9 Å². The fourth-order valence-corrected chi connectivity index (χ4v) is 9.56. The summed E-state index contributed by atoms with van der Waals surface area (Å²) in [7, 11) is 0. The minimum atomic E-state index is -0.133. The quantitative estimate of drug-likeness (QED) is 0.123. The van der Waals surface area contributed by atoms with Crippen LogP contribution in [0.2, 0.25) is 0 Å². The minimum absolute atomic E-state index is 0. The molecule has 3 heterocycles. The molecule has 0 saturated carbocycles. The van der Waals surface area contributed by atoms with E-state index >= 15 is 0 Å². The number of furan rings is 1. The Bertz CT molecular complexity index is 3620. The normalized spacial score (nSPS) is 12.1. The van der Waals surface area contributed by atoms with E-state index in [-0.39, 0.29) is 42.8 Å². The van der Waals surface area contributed by atoms with Gasteiger partial charge in [0.15, 0.2) is 0 Å². The molecule has 0 aliphatic heterocycles. The van der Waals surface area contributed by atoms with E-state index in [0.29, 0.717) is 0 Å². The molecule has 0 spiro atoms. The van der Waals surface area contributed by atoms with E-state index < -0.39 is 0 Å². The Morgan fingerprint density at radius 3 is 1.97 bits per heavy atom. The van der Waals surface area contributed by atoms with Crippen molar-refractivity contribution in [2.45, 2.75) is 91.9 Å². The predicted octanol–water partition coefficient (Wildman–Crippen LogP) is 17.1. The van der Waals surface area contributed by atoms with Crippen LogP contribution in [0.1, 0.15) is 103 Å². The molecule has 11 aromatic rings. The Morgan fingerprint density at radius 2 is 1.28 bits per heavy atom. The van der Waals surface area contributed by atoms with Crippen molar-refractivity contribution in [2.75, 3.05) is 0 Å². The molecule has 0 amide bonds. The first-order valence-corrected chi connectivity index (χ1v) is 23.9. The average molecular weight is 1080 g/mol. The Hall–Kier alpha value is -6.72. The first-order valence-electron chi connectivity index (χ1n) is 23.9. The molecule has 1 radical (unpaired) electrons. The second kappa shape index (κ2) is 18.6. The molecule has 3 aromatic heterocycles. The van der Waals surface area contributed by atoms with Gasteiger partial charge in [-0.1, -0.05) is 159 Å². The molecule has 0 atom stereocenters. The van der Waals surface area contributed by atoms with Crippen LogP contribution in [-0.4, -0.2) is 19.5 Å². The smallest absolute Gasteiger partial charge is 0.121 e. The van der Waals surface area contributed by atoms with E-state index in [1.807, 2.05) is 36.5 Å². The summed E-state index contributed by atoms with van der Waals surface area (Å²) in [5.41, 5.74) is 14.0. The van der Waals surface area contributed by atoms with Gasteiger partial charge in [0.05, 0.1) is 28.3 Å². The average Bonchev–Trinajstić information content (AvgIpc) is 3.91. The van der Waals surface area contributed by atoms with Crippen molar-refractivity contribution >= 4 is 54.5 Å². The third kappa shape index (κ3) is 8.93. The zero-order valence-corrected chi connectivity index (χ0v) is 43.6. The van der Waals surface area contributed by atoms with Crippen molar-refractivity contribution in [3.05, 3.63) is 192 Å². The van der Waals surface area contributed by atoms with Crippen LogP contribution in [0.15, 0.2) is 162 Å². The molecule has 0 bridgehead atoms. The van der Waals surface area contributed by atoms with Gasteiger partial charge in [-0.3, -0.25) is 15.0 Å². The van der Waals surface area contributed by atoms with E-state index in [1.165, 1.54) is 55.0 Å². The van der Waals surface area contributed by atoms with E-state index in [1.54, 1.807) is 0 Å². The molecule has 0 fully saturated rings. The molecule has 0 aliphatic rings. The predicted molar refractivity (Wildman–Crippen MR) is 285 cm³/mol. The van der Waals surface area contributed by atoms with Crippen LogP contribution >= 0.6 is 0 Å². The second-order valence-corrected chi connectivity index (χ2v) is 20.7. The van der Waals surface area contributed by atoms with Crippen LogP contribution < -0.4 is 0 Å². The van der Waals surface area contributed by atoms with Crippen LogP contribution in [0.3, 0.4) is 0 Å². The Morgan fingerprint density at radius 1 is 0.594 bits per heavy atom. The maximum absolute atomic E-state index is 7.07. The minimum Gasteiger partial charge on any atom is -0.501 e. The van der Waals surface area contributed by atoms with Gasteiger partial charge in [0.25, 0.3) is 0 Å². The van der Waals surface area contributed by atoms with Crippen LogP contribution in [0.4, 0.5) is 0 Å². The first kappa shape index (κ1) is 47.3. The fourth-order valence-electron chi connectivity index (χ4n) is 9.56. The number of benzene rings is 8. The number of hydrogen-bond acceptors (Lipinski definition) is 4. The summed E-state index contributed by atoms with van der Waals surface area (Å²) in [4.78, 5) is 14.3. The molecule has 69 heavy (non-hydrogen) atoms. The molecule has 347 valence electrons. The van der Waals surface area contributed by atoms with Gasteiger partial charge < -0.3 is 8.98 Å². The molecule has 8 aromatic carbocycles. The maximum Gasteiger partial charge on any atom is 0.121 e. The van der Waals surface area contributed by atoms with Gasteiger partial charge in [-0.25, -0.2) is 0 Å². The summed E-state index contributed by atoms with van der Waals surface area (Å²) in [5, 5.41) is 7.12. The summed E-state index contributed by atoms with van der Waals surface area (Å²) in [5.74, 6) is 2.13. The molecule has 0 aliphatic carbocycles. The number of para-hydroxylation sites is 2. The van der Waals surface area contributed by atoms with E-state index in [9.17, 15) is 0 Å². The first-order chi connectivity index (χ1) is 32.7.